The molecule has 0 radical (unpaired) electrons. The smallest absolute Gasteiger partial charge is 0.0900 e. The Balaban J connectivity index is 2.13. The van der Waals surface area contributed by atoms with Crippen LogP contribution >= 0.6 is 0 Å². The van der Waals surface area contributed by atoms with Gasteiger partial charge >= 0.3 is 0 Å². The third-order valence-electron chi connectivity index (χ3n) is 4.19. The van der Waals surface area contributed by atoms with Crippen molar-refractivity contribution >= 4 is 0 Å². The molecular weight excluding hydrogens is 222 g/mol. The van der Waals surface area contributed by atoms with E-state index in [1.54, 1.807) is 0 Å². The number of hydrogen-bond donors (Lipinski definition) is 2. The molecule has 2 rings (SSSR count). The van der Waals surface area contributed by atoms with Gasteiger partial charge in [0.15, 0.2) is 0 Å². The van der Waals surface area contributed by atoms with Gasteiger partial charge in [-0.05, 0) is 57.2 Å². The van der Waals surface area contributed by atoms with Crippen molar-refractivity contribution < 1.29 is 5.11 Å². The molecule has 0 aliphatic heterocycles. The van der Waals surface area contributed by atoms with Gasteiger partial charge in [-0.25, -0.2) is 0 Å². The maximum atomic E-state index is 10.9. The van der Waals surface area contributed by atoms with Crippen molar-refractivity contribution in [2.75, 3.05) is 6.54 Å². The summed E-state index contributed by atoms with van der Waals surface area (Å²) in [5.41, 5.74) is 3.01. The zero-order valence-electron chi connectivity index (χ0n) is 11.8. The van der Waals surface area contributed by atoms with Crippen LogP contribution in [0.2, 0.25) is 0 Å². The summed E-state index contributed by atoms with van der Waals surface area (Å²) in [5, 5.41) is 14.4. The molecule has 1 aliphatic carbocycles. The highest BCUT2D eigenvalue weighted by molar-refractivity contribution is 5.35. The third-order valence-corrected chi connectivity index (χ3v) is 4.19. The molecule has 0 heterocycles. The lowest BCUT2D eigenvalue weighted by Gasteiger charge is -2.37. The maximum Gasteiger partial charge on any atom is 0.0900 e. The number of hydrogen-bond acceptors (Lipinski definition) is 2. The summed E-state index contributed by atoms with van der Waals surface area (Å²) in [5.74, 6) is 0. The molecular formula is C16H25NO. The molecule has 100 valence electrons. The molecule has 0 atom stereocenters. The van der Waals surface area contributed by atoms with E-state index in [0.717, 1.165) is 37.8 Å². The zero-order chi connectivity index (χ0) is 13.2. The van der Waals surface area contributed by atoms with Crippen molar-refractivity contribution in [2.24, 2.45) is 0 Å². The van der Waals surface area contributed by atoms with Gasteiger partial charge in [0, 0.05) is 6.04 Å². The van der Waals surface area contributed by atoms with Crippen LogP contribution in [0.25, 0.3) is 0 Å². The first-order valence-electron chi connectivity index (χ1n) is 7.08. The lowest BCUT2D eigenvalue weighted by molar-refractivity contribution is -0.00868. The summed E-state index contributed by atoms with van der Waals surface area (Å²) in [6, 6.07) is 6.97. The van der Waals surface area contributed by atoms with E-state index in [2.05, 4.69) is 44.3 Å². The highest BCUT2D eigenvalue weighted by Crippen LogP contribution is 2.38. The fraction of sp³-hybridized carbons (Fsp3) is 0.625. The van der Waals surface area contributed by atoms with Gasteiger partial charge in [-0.1, -0.05) is 30.7 Å². The first-order chi connectivity index (χ1) is 8.55. The number of nitrogens with one attached hydrogen (secondary N) is 1. The molecule has 0 spiro atoms. The quantitative estimate of drug-likeness (QED) is 0.860. The van der Waals surface area contributed by atoms with Gasteiger partial charge in [0.2, 0.25) is 0 Å². The number of aliphatic hydroxyl groups is 1. The van der Waals surface area contributed by atoms with Gasteiger partial charge in [-0.2, -0.15) is 0 Å². The van der Waals surface area contributed by atoms with Crippen LogP contribution in [-0.4, -0.2) is 17.7 Å². The molecule has 1 saturated carbocycles. The zero-order valence-corrected chi connectivity index (χ0v) is 11.8. The summed E-state index contributed by atoms with van der Waals surface area (Å²) >= 11 is 0. The van der Waals surface area contributed by atoms with Crippen molar-refractivity contribution in [1.29, 1.82) is 0 Å². The number of rotatable bonds is 3. The summed E-state index contributed by atoms with van der Waals surface area (Å²) in [4.78, 5) is 0. The van der Waals surface area contributed by atoms with Gasteiger partial charge in [-0.15, -0.1) is 0 Å². The number of benzene rings is 1. The Hall–Kier alpha value is -0.860. The molecule has 2 N–H and O–H groups in total. The minimum absolute atomic E-state index is 0.584. The highest BCUT2D eigenvalue weighted by atomic mass is 16.3. The van der Waals surface area contributed by atoms with Crippen molar-refractivity contribution in [2.45, 2.75) is 58.1 Å². The van der Waals surface area contributed by atoms with Crippen molar-refractivity contribution in [3.63, 3.8) is 0 Å². The average Bonchev–Trinajstić information content (AvgIpc) is 2.32. The Morgan fingerprint density at radius 2 is 1.94 bits per heavy atom. The molecule has 1 aromatic carbocycles. The van der Waals surface area contributed by atoms with Gasteiger partial charge in [0.05, 0.1) is 5.60 Å². The molecule has 0 unspecified atom stereocenters. The molecule has 0 aromatic heterocycles. The second kappa shape index (κ2) is 5.41. The molecule has 2 heteroatoms. The standard InChI is InChI=1S/C16H25NO/c1-4-17-14-7-9-16(18,10-8-14)15-6-5-12(2)11-13(15)3/h5-6,11,14,17-18H,4,7-10H2,1-3H3. The van der Waals surface area contributed by atoms with Gasteiger partial charge in [0.1, 0.15) is 0 Å². The molecule has 1 aliphatic rings. The van der Waals surface area contributed by atoms with E-state index in [0.29, 0.717) is 6.04 Å². The number of aryl methyl sites for hydroxylation is 2. The van der Waals surface area contributed by atoms with Crippen LogP contribution in [0, 0.1) is 13.8 Å². The largest absolute Gasteiger partial charge is 0.385 e. The summed E-state index contributed by atoms with van der Waals surface area (Å²) in [7, 11) is 0. The van der Waals surface area contributed by atoms with E-state index in [-0.39, 0.29) is 0 Å². The molecule has 0 saturated heterocycles. The van der Waals surface area contributed by atoms with Gasteiger partial charge < -0.3 is 10.4 Å². The molecule has 1 aromatic rings. The molecule has 18 heavy (non-hydrogen) atoms. The van der Waals surface area contributed by atoms with E-state index in [1.807, 2.05) is 0 Å². The Morgan fingerprint density at radius 1 is 1.28 bits per heavy atom. The van der Waals surface area contributed by atoms with Crippen LogP contribution < -0.4 is 5.32 Å². The van der Waals surface area contributed by atoms with E-state index < -0.39 is 5.60 Å². The van der Waals surface area contributed by atoms with E-state index in [9.17, 15) is 5.11 Å². The van der Waals surface area contributed by atoms with Crippen LogP contribution in [-0.2, 0) is 5.60 Å². The minimum atomic E-state index is -0.607. The third kappa shape index (κ3) is 2.76. The molecule has 2 nitrogen and oxygen atoms in total. The summed E-state index contributed by atoms with van der Waals surface area (Å²) < 4.78 is 0. The highest BCUT2D eigenvalue weighted by Gasteiger charge is 2.35. The van der Waals surface area contributed by atoms with E-state index >= 15 is 0 Å². The summed E-state index contributed by atoms with van der Waals surface area (Å²) in [6.07, 6.45) is 3.87. The first-order valence-corrected chi connectivity index (χ1v) is 7.08. The van der Waals surface area contributed by atoms with Crippen molar-refractivity contribution in [1.82, 2.24) is 5.32 Å². The summed E-state index contributed by atoms with van der Waals surface area (Å²) in [6.45, 7) is 7.37. The van der Waals surface area contributed by atoms with Crippen LogP contribution in [0.5, 0.6) is 0 Å². The van der Waals surface area contributed by atoms with Crippen molar-refractivity contribution in [3.05, 3.63) is 34.9 Å². The molecule has 0 bridgehead atoms. The first kappa shape index (κ1) is 13.6. The van der Waals surface area contributed by atoms with Crippen LogP contribution in [0.3, 0.4) is 0 Å². The van der Waals surface area contributed by atoms with Crippen LogP contribution in [0.1, 0.15) is 49.3 Å². The fourth-order valence-electron chi connectivity index (χ4n) is 3.19. The van der Waals surface area contributed by atoms with Gasteiger partial charge in [-0.3, -0.25) is 0 Å². The Morgan fingerprint density at radius 3 is 2.50 bits per heavy atom. The SMILES string of the molecule is CCNC1CCC(O)(c2ccc(C)cc2C)CC1. The van der Waals surface area contributed by atoms with E-state index in [1.165, 1.54) is 11.1 Å². The Labute approximate surface area is 110 Å². The minimum Gasteiger partial charge on any atom is -0.385 e. The van der Waals surface area contributed by atoms with Crippen molar-refractivity contribution in [3.8, 4) is 0 Å². The lowest BCUT2D eigenvalue weighted by Crippen LogP contribution is -2.40. The monoisotopic (exact) mass is 247 g/mol. The van der Waals surface area contributed by atoms with Crippen LogP contribution in [0.4, 0.5) is 0 Å². The Bertz CT molecular complexity index is 406. The van der Waals surface area contributed by atoms with Crippen LogP contribution in [0.15, 0.2) is 18.2 Å². The second-order valence-corrected chi connectivity index (χ2v) is 5.68. The second-order valence-electron chi connectivity index (χ2n) is 5.68. The topological polar surface area (TPSA) is 32.3 Å². The average molecular weight is 247 g/mol. The maximum absolute atomic E-state index is 10.9. The predicted octanol–water partition coefficient (Wildman–Crippen LogP) is 3.04. The normalized spacial score (nSPS) is 28.3. The molecule has 0 amide bonds. The van der Waals surface area contributed by atoms with Gasteiger partial charge in [0.25, 0.3) is 0 Å². The predicted molar refractivity (Wildman–Crippen MR) is 75.7 cm³/mol. The molecule has 1 fully saturated rings. The Kier molecular flexibility index (Phi) is 4.08. The van der Waals surface area contributed by atoms with E-state index in [4.69, 9.17) is 0 Å². The lowest BCUT2D eigenvalue weighted by atomic mass is 9.76. The fourth-order valence-corrected chi connectivity index (χ4v) is 3.19.